The summed E-state index contributed by atoms with van der Waals surface area (Å²) in [6, 6.07) is 3.83. The van der Waals surface area contributed by atoms with Crippen LogP contribution in [0, 0.1) is 0 Å². The molecule has 1 aromatic heterocycles. The second-order valence-corrected chi connectivity index (χ2v) is 5.13. The van der Waals surface area contributed by atoms with Crippen molar-refractivity contribution in [1.82, 2.24) is 4.98 Å². The third-order valence-electron chi connectivity index (χ3n) is 2.65. The molecule has 0 aliphatic carbocycles. The van der Waals surface area contributed by atoms with E-state index in [1.165, 1.54) is 0 Å². The Bertz CT molecular complexity index is 565. The number of halogens is 2. The van der Waals surface area contributed by atoms with Crippen molar-refractivity contribution in [1.29, 1.82) is 0 Å². The predicted octanol–water partition coefficient (Wildman–Crippen LogP) is 3.99. The monoisotopic (exact) mass is 315 g/mol. The standard InChI is InChI=1S/C12H11BrClNO2/c13-9-4-8-7(2-1-3-12(16)17)6-15-11(8)5-10(9)14/h4-6,15H,1-3H2,(H,16,17). The van der Waals surface area contributed by atoms with Crippen LogP contribution in [0.5, 0.6) is 0 Å². The maximum Gasteiger partial charge on any atom is 0.303 e. The highest BCUT2D eigenvalue weighted by Gasteiger charge is 2.07. The lowest BCUT2D eigenvalue weighted by atomic mass is 10.1. The summed E-state index contributed by atoms with van der Waals surface area (Å²) in [5, 5.41) is 10.4. The molecule has 0 fully saturated rings. The van der Waals surface area contributed by atoms with Crippen LogP contribution in [0.1, 0.15) is 18.4 Å². The minimum atomic E-state index is -0.755. The normalized spacial score (nSPS) is 10.9. The molecule has 0 saturated heterocycles. The summed E-state index contributed by atoms with van der Waals surface area (Å²) in [4.78, 5) is 13.6. The number of aromatic nitrogens is 1. The number of hydrogen-bond acceptors (Lipinski definition) is 1. The van der Waals surface area contributed by atoms with Gasteiger partial charge in [-0.1, -0.05) is 11.6 Å². The second kappa shape index (κ2) is 5.10. The number of aromatic amines is 1. The van der Waals surface area contributed by atoms with E-state index in [-0.39, 0.29) is 6.42 Å². The molecule has 0 aliphatic heterocycles. The van der Waals surface area contributed by atoms with Gasteiger partial charge in [0.1, 0.15) is 0 Å². The van der Waals surface area contributed by atoms with E-state index in [0.29, 0.717) is 11.4 Å². The van der Waals surface area contributed by atoms with E-state index < -0.39 is 5.97 Å². The van der Waals surface area contributed by atoms with Gasteiger partial charge in [0.2, 0.25) is 0 Å². The van der Waals surface area contributed by atoms with Crippen LogP contribution in [-0.2, 0) is 11.2 Å². The number of aliphatic carboxylic acids is 1. The Kier molecular flexibility index (Phi) is 3.74. The highest BCUT2D eigenvalue weighted by atomic mass is 79.9. The van der Waals surface area contributed by atoms with E-state index in [2.05, 4.69) is 20.9 Å². The van der Waals surface area contributed by atoms with Gasteiger partial charge >= 0.3 is 5.97 Å². The van der Waals surface area contributed by atoms with E-state index in [0.717, 1.165) is 27.4 Å². The van der Waals surface area contributed by atoms with Crippen molar-refractivity contribution in [3.8, 4) is 0 Å². The second-order valence-electron chi connectivity index (χ2n) is 3.87. The molecule has 2 rings (SSSR count). The summed E-state index contributed by atoms with van der Waals surface area (Å²) in [6.07, 6.45) is 3.50. The maximum atomic E-state index is 10.5. The van der Waals surface area contributed by atoms with Gasteiger partial charge in [0.05, 0.1) is 5.02 Å². The topological polar surface area (TPSA) is 53.1 Å². The summed E-state index contributed by atoms with van der Waals surface area (Å²) in [6.45, 7) is 0. The first kappa shape index (κ1) is 12.5. The number of carbonyl (C=O) groups is 1. The molecule has 2 aromatic rings. The molecule has 0 aliphatic rings. The fourth-order valence-corrected chi connectivity index (χ4v) is 2.32. The molecule has 0 saturated carbocycles. The predicted molar refractivity (Wildman–Crippen MR) is 71.6 cm³/mol. The van der Waals surface area contributed by atoms with Crippen LogP contribution in [0.4, 0.5) is 0 Å². The average Bonchev–Trinajstić information content (AvgIpc) is 2.62. The Balaban J connectivity index is 2.23. The van der Waals surface area contributed by atoms with Gasteiger partial charge < -0.3 is 10.1 Å². The van der Waals surface area contributed by atoms with Gasteiger partial charge in [-0.3, -0.25) is 4.79 Å². The van der Waals surface area contributed by atoms with Crippen LogP contribution in [0.2, 0.25) is 5.02 Å². The molecular weight excluding hydrogens is 305 g/mol. The highest BCUT2D eigenvalue weighted by Crippen LogP contribution is 2.30. The van der Waals surface area contributed by atoms with Gasteiger partial charge in [0.15, 0.2) is 0 Å². The summed E-state index contributed by atoms with van der Waals surface area (Å²) in [5.74, 6) is -0.755. The third-order valence-corrected chi connectivity index (χ3v) is 3.84. The zero-order valence-corrected chi connectivity index (χ0v) is 11.3. The largest absolute Gasteiger partial charge is 0.481 e. The summed E-state index contributed by atoms with van der Waals surface area (Å²) < 4.78 is 0.853. The van der Waals surface area contributed by atoms with E-state index in [4.69, 9.17) is 16.7 Å². The molecule has 5 heteroatoms. The van der Waals surface area contributed by atoms with Crippen molar-refractivity contribution in [2.75, 3.05) is 0 Å². The average molecular weight is 317 g/mol. The van der Waals surface area contributed by atoms with Crippen LogP contribution in [0.25, 0.3) is 10.9 Å². The Hall–Kier alpha value is -1.000. The van der Waals surface area contributed by atoms with Crippen molar-refractivity contribution in [2.24, 2.45) is 0 Å². The van der Waals surface area contributed by atoms with Gasteiger partial charge in [-0.2, -0.15) is 0 Å². The lowest BCUT2D eigenvalue weighted by Gasteiger charge is -2.00. The Labute approximate surface area is 112 Å². The zero-order chi connectivity index (χ0) is 12.4. The lowest BCUT2D eigenvalue weighted by Crippen LogP contribution is -1.95. The number of nitrogens with one attached hydrogen (secondary N) is 1. The van der Waals surface area contributed by atoms with Crippen molar-refractivity contribution in [2.45, 2.75) is 19.3 Å². The van der Waals surface area contributed by atoms with Crippen molar-refractivity contribution in [3.05, 3.63) is 33.4 Å². The first-order chi connectivity index (χ1) is 8.08. The Morgan fingerprint density at radius 2 is 2.24 bits per heavy atom. The smallest absolute Gasteiger partial charge is 0.303 e. The van der Waals surface area contributed by atoms with Gasteiger partial charge in [-0.25, -0.2) is 0 Å². The van der Waals surface area contributed by atoms with Crippen LogP contribution in [-0.4, -0.2) is 16.1 Å². The third kappa shape index (κ3) is 2.82. The molecule has 90 valence electrons. The van der Waals surface area contributed by atoms with Crippen molar-refractivity contribution in [3.63, 3.8) is 0 Å². The van der Waals surface area contributed by atoms with Crippen molar-refractivity contribution < 1.29 is 9.90 Å². The fourth-order valence-electron chi connectivity index (χ4n) is 1.81. The maximum absolute atomic E-state index is 10.5. The van der Waals surface area contributed by atoms with E-state index in [9.17, 15) is 4.79 Å². The van der Waals surface area contributed by atoms with Gasteiger partial charge in [-0.15, -0.1) is 0 Å². The fraction of sp³-hybridized carbons (Fsp3) is 0.250. The number of rotatable bonds is 4. The SMILES string of the molecule is O=C(O)CCCc1c[nH]c2cc(Cl)c(Br)cc12. The molecule has 0 radical (unpaired) electrons. The Morgan fingerprint density at radius 3 is 2.94 bits per heavy atom. The zero-order valence-electron chi connectivity index (χ0n) is 8.96. The van der Waals surface area contributed by atoms with E-state index in [1.54, 1.807) is 0 Å². The molecule has 0 atom stereocenters. The molecule has 1 aromatic carbocycles. The first-order valence-corrected chi connectivity index (χ1v) is 6.42. The molecule has 1 heterocycles. The Morgan fingerprint density at radius 1 is 1.47 bits per heavy atom. The molecule has 17 heavy (non-hydrogen) atoms. The van der Waals surface area contributed by atoms with Crippen LogP contribution >= 0.6 is 27.5 Å². The number of benzene rings is 1. The van der Waals surface area contributed by atoms with Crippen LogP contribution < -0.4 is 0 Å². The van der Waals surface area contributed by atoms with Gasteiger partial charge in [0.25, 0.3) is 0 Å². The summed E-state index contributed by atoms with van der Waals surface area (Å²) >= 11 is 9.38. The van der Waals surface area contributed by atoms with E-state index >= 15 is 0 Å². The van der Waals surface area contributed by atoms with Crippen LogP contribution in [0.3, 0.4) is 0 Å². The number of aryl methyl sites for hydroxylation is 1. The summed E-state index contributed by atoms with van der Waals surface area (Å²) in [7, 11) is 0. The molecule has 0 spiro atoms. The van der Waals surface area contributed by atoms with Gasteiger partial charge in [0, 0.05) is 28.0 Å². The molecule has 0 unspecified atom stereocenters. The van der Waals surface area contributed by atoms with Crippen molar-refractivity contribution >= 4 is 44.4 Å². The minimum absolute atomic E-state index is 0.196. The number of carboxylic acids is 1. The molecule has 0 amide bonds. The van der Waals surface area contributed by atoms with E-state index in [1.807, 2.05) is 18.3 Å². The molecule has 2 N–H and O–H groups in total. The summed E-state index contributed by atoms with van der Waals surface area (Å²) in [5.41, 5.74) is 2.10. The highest BCUT2D eigenvalue weighted by molar-refractivity contribution is 9.10. The molecular formula is C12H11BrClNO2. The lowest BCUT2D eigenvalue weighted by molar-refractivity contribution is -0.137. The number of H-pyrrole nitrogens is 1. The molecule has 3 nitrogen and oxygen atoms in total. The number of fused-ring (bicyclic) bond motifs is 1. The van der Waals surface area contributed by atoms with Gasteiger partial charge in [-0.05, 0) is 46.5 Å². The molecule has 0 bridgehead atoms. The first-order valence-electron chi connectivity index (χ1n) is 5.24. The number of carboxylic acid groups (broad SMARTS) is 1. The minimum Gasteiger partial charge on any atom is -0.481 e. The number of hydrogen-bond donors (Lipinski definition) is 2. The van der Waals surface area contributed by atoms with Crippen LogP contribution in [0.15, 0.2) is 22.8 Å². The quantitative estimate of drug-likeness (QED) is 0.896.